The lowest BCUT2D eigenvalue weighted by Crippen LogP contribution is -2.40. The molecule has 0 saturated heterocycles. The molecule has 4 rings (SSSR count). The second kappa shape index (κ2) is 9.17. The van der Waals surface area contributed by atoms with Crippen molar-refractivity contribution in [3.8, 4) is 0 Å². The maximum Gasteiger partial charge on any atom is 0.338 e. The molecule has 0 spiro atoms. The Kier molecular flexibility index (Phi) is 6.51. The number of hydrogen-bond acceptors (Lipinski definition) is 5. The van der Waals surface area contributed by atoms with Crippen LogP contribution in [0.4, 0.5) is 0 Å². The van der Waals surface area contributed by atoms with Crippen molar-refractivity contribution in [2.75, 3.05) is 0 Å². The van der Waals surface area contributed by atoms with Crippen molar-refractivity contribution in [3.63, 3.8) is 0 Å². The Balaban J connectivity index is 1.93. The molecule has 2 aromatic carbocycles. The molecule has 0 aliphatic carbocycles. The average Bonchev–Trinajstić information content (AvgIpc) is 3.03. The monoisotopic (exact) mass is 530 g/mol. The van der Waals surface area contributed by atoms with Gasteiger partial charge in [-0.2, -0.15) is 0 Å². The fourth-order valence-electron chi connectivity index (χ4n) is 3.53. The third-order valence-electron chi connectivity index (χ3n) is 4.94. The van der Waals surface area contributed by atoms with Gasteiger partial charge >= 0.3 is 5.97 Å². The molecule has 1 aromatic heterocycles. The lowest BCUT2D eigenvalue weighted by Gasteiger charge is -2.25. The first-order chi connectivity index (χ1) is 15.2. The van der Waals surface area contributed by atoms with Crippen LogP contribution in [0.2, 0.25) is 5.02 Å². The van der Waals surface area contributed by atoms with E-state index in [0.717, 1.165) is 15.6 Å². The molecule has 3 aromatic rings. The van der Waals surface area contributed by atoms with E-state index in [9.17, 15) is 9.59 Å². The maximum absolute atomic E-state index is 13.5. The number of aromatic nitrogens is 1. The minimum atomic E-state index is -0.651. The molecule has 0 N–H and O–H groups in total. The topological polar surface area (TPSA) is 60.7 Å². The van der Waals surface area contributed by atoms with Gasteiger partial charge in [-0.05, 0) is 62.2 Å². The molecule has 1 aliphatic heterocycles. The lowest BCUT2D eigenvalue weighted by atomic mass is 9.96. The Labute approximate surface area is 202 Å². The van der Waals surface area contributed by atoms with E-state index in [2.05, 4.69) is 20.9 Å². The van der Waals surface area contributed by atoms with Gasteiger partial charge in [0.05, 0.1) is 27.9 Å². The first-order valence-corrected chi connectivity index (χ1v) is 12.0. The Hall–Kier alpha value is -2.48. The highest BCUT2D eigenvalue weighted by Gasteiger charge is 2.33. The van der Waals surface area contributed by atoms with Crippen LogP contribution in [0.1, 0.15) is 37.9 Å². The van der Waals surface area contributed by atoms with Crippen LogP contribution in [0.3, 0.4) is 0 Å². The van der Waals surface area contributed by atoms with E-state index in [1.807, 2.05) is 42.5 Å². The van der Waals surface area contributed by atoms with E-state index < -0.39 is 12.0 Å². The minimum absolute atomic E-state index is 0.209. The molecule has 8 heteroatoms. The van der Waals surface area contributed by atoms with Crippen molar-refractivity contribution in [1.82, 2.24) is 4.57 Å². The predicted molar refractivity (Wildman–Crippen MR) is 131 cm³/mol. The summed E-state index contributed by atoms with van der Waals surface area (Å²) in [6.45, 7) is 5.35. The normalized spacial score (nSPS) is 16.2. The van der Waals surface area contributed by atoms with Crippen LogP contribution in [0.5, 0.6) is 0 Å². The van der Waals surface area contributed by atoms with Gasteiger partial charge in [-0.15, -0.1) is 0 Å². The van der Waals surface area contributed by atoms with Crippen LogP contribution in [0.25, 0.3) is 6.08 Å². The SMILES string of the molecule is CC1=C(C(=O)OC(C)C)C(c2ccc(Cl)cc2)n2c(s/c(=C\c3ccc(Br)cc3)c2=O)=N1. The molecule has 1 unspecified atom stereocenters. The molecule has 0 amide bonds. The van der Waals surface area contributed by atoms with E-state index in [1.54, 1.807) is 37.5 Å². The summed E-state index contributed by atoms with van der Waals surface area (Å²) >= 11 is 10.8. The number of esters is 1. The van der Waals surface area contributed by atoms with Gasteiger partial charge in [0, 0.05) is 9.50 Å². The molecule has 32 heavy (non-hydrogen) atoms. The summed E-state index contributed by atoms with van der Waals surface area (Å²) < 4.78 is 8.57. The van der Waals surface area contributed by atoms with E-state index in [4.69, 9.17) is 16.3 Å². The number of allylic oxidation sites excluding steroid dienone is 1. The van der Waals surface area contributed by atoms with E-state index in [0.29, 0.717) is 25.6 Å². The number of nitrogens with zero attached hydrogens (tertiary/aromatic N) is 2. The fraction of sp³-hybridized carbons (Fsp3) is 0.208. The molecule has 164 valence electrons. The van der Waals surface area contributed by atoms with Crippen molar-refractivity contribution >= 4 is 50.9 Å². The van der Waals surface area contributed by atoms with Crippen molar-refractivity contribution in [3.05, 3.63) is 100 Å². The van der Waals surface area contributed by atoms with Crippen LogP contribution >= 0.6 is 38.9 Å². The van der Waals surface area contributed by atoms with Crippen LogP contribution in [-0.4, -0.2) is 16.6 Å². The summed E-state index contributed by atoms with van der Waals surface area (Å²) in [5.74, 6) is -0.483. The van der Waals surface area contributed by atoms with Gasteiger partial charge in [0.1, 0.15) is 0 Å². The van der Waals surface area contributed by atoms with E-state index >= 15 is 0 Å². The van der Waals surface area contributed by atoms with Gasteiger partial charge in [-0.1, -0.05) is 63.1 Å². The average molecular weight is 532 g/mol. The minimum Gasteiger partial charge on any atom is -0.459 e. The van der Waals surface area contributed by atoms with Crippen molar-refractivity contribution in [1.29, 1.82) is 0 Å². The third-order valence-corrected chi connectivity index (χ3v) is 6.70. The van der Waals surface area contributed by atoms with Gasteiger partial charge in [0.25, 0.3) is 5.56 Å². The van der Waals surface area contributed by atoms with Gasteiger partial charge < -0.3 is 4.74 Å². The van der Waals surface area contributed by atoms with E-state index in [-0.39, 0.29) is 11.7 Å². The zero-order valence-electron chi connectivity index (χ0n) is 17.6. The molecule has 0 bridgehead atoms. The van der Waals surface area contributed by atoms with E-state index in [1.165, 1.54) is 11.3 Å². The summed E-state index contributed by atoms with van der Waals surface area (Å²) in [5, 5.41) is 0.573. The summed E-state index contributed by atoms with van der Waals surface area (Å²) in [5.41, 5.74) is 2.34. The number of hydrogen-bond donors (Lipinski definition) is 0. The second-order valence-corrected chi connectivity index (χ2v) is 10.0. The number of fused-ring (bicyclic) bond motifs is 1. The van der Waals surface area contributed by atoms with Crippen molar-refractivity contribution in [2.24, 2.45) is 4.99 Å². The van der Waals surface area contributed by atoms with Gasteiger partial charge in [-0.25, -0.2) is 9.79 Å². The molecule has 5 nitrogen and oxygen atoms in total. The Morgan fingerprint density at radius 3 is 2.47 bits per heavy atom. The Morgan fingerprint density at radius 2 is 1.84 bits per heavy atom. The highest BCUT2D eigenvalue weighted by molar-refractivity contribution is 9.10. The summed E-state index contributed by atoms with van der Waals surface area (Å²) in [6, 6.07) is 14.2. The summed E-state index contributed by atoms with van der Waals surface area (Å²) in [4.78, 5) is 31.7. The lowest BCUT2D eigenvalue weighted by molar-refractivity contribution is -0.143. The number of halogens is 2. The number of carbonyl (C=O) groups is 1. The fourth-order valence-corrected chi connectivity index (χ4v) is 4.97. The van der Waals surface area contributed by atoms with Crippen LogP contribution < -0.4 is 14.9 Å². The molecule has 1 aliphatic rings. The third kappa shape index (κ3) is 4.51. The summed E-state index contributed by atoms with van der Waals surface area (Å²) in [6.07, 6.45) is 1.54. The molecule has 1 atom stereocenters. The molecule has 0 saturated carbocycles. The maximum atomic E-state index is 13.5. The van der Waals surface area contributed by atoms with Crippen LogP contribution in [-0.2, 0) is 9.53 Å². The largest absolute Gasteiger partial charge is 0.459 e. The zero-order chi connectivity index (χ0) is 23.0. The number of ether oxygens (including phenoxy) is 1. The second-order valence-electron chi connectivity index (χ2n) is 7.64. The van der Waals surface area contributed by atoms with Crippen LogP contribution in [0, 0.1) is 0 Å². The smallest absolute Gasteiger partial charge is 0.338 e. The number of carbonyl (C=O) groups excluding carboxylic acids is 1. The zero-order valence-corrected chi connectivity index (χ0v) is 20.8. The van der Waals surface area contributed by atoms with Gasteiger partial charge in [0.15, 0.2) is 4.80 Å². The summed E-state index contributed by atoms with van der Waals surface area (Å²) in [7, 11) is 0. The molecule has 0 fully saturated rings. The number of rotatable bonds is 4. The number of benzene rings is 2. The van der Waals surface area contributed by atoms with Crippen molar-refractivity contribution in [2.45, 2.75) is 32.9 Å². The Morgan fingerprint density at radius 1 is 1.19 bits per heavy atom. The molecular weight excluding hydrogens is 512 g/mol. The molecular formula is C24H20BrClN2O3S. The predicted octanol–water partition coefficient (Wildman–Crippen LogP) is 4.60. The number of thiazole rings is 1. The van der Waals surface area contributed by atoms with Gasteiger partial charge in [-0.3, -0.25) is 9.36 Å². The first kappa shape index (κ1) is 22.7. The molecule has 2 heterocycles. The van der Waals surface area contributed by atoms with Crippen molar-refractivity contribution < 1.29 is 9.53 Å². The van der Waals surface area contributed by atoms with Crippen LogP contribution in [0.15, 0.2) is 74.1 Å². The highest BCUT2D eigenvalue weighted by atomic mass is 79.9. The first-order valence-electron chi connectivity index (χ1n) is 9.99. The van der Waals surface area contributed by atoms with Gasteiger partial charge in [0.2, 0.25) is 0 Å². The highest BCUT2D eigenvalue weighted by Crippen LogP contribution is 2.31. The Bertz CT molecular complexity index is 1390. The molecule has 0 radical (unpaired) electrons. The standard InChI is InChI=1S/C24H20BrClN2O3S/c1-13(2)31-23(30)20-14(3)27-24-28(21(20)16-6-10-18(26)11-7-16)22(29)19(32-24)12-15-4-8-17(25)9-5-15/h4-13,21H,1-3H3/b19-12-. The quantitative estimate of drug-likeness (QED) is 0.462.